The fraction of sp³-hybridized carbons (Fsp3) is 0.429. The minimum atomic E-state index is -0.667. The van der Waals surface area contributed by atoms with Gasteiger partial charge in [0.25, 0.3) is 0 Å². The molecule has 1 aromatic rings. The first kappa shape index (κ1) is 16.1. The Morgan fingerprint density at radius 1 is 1.00 bits per heavy atom. The van der Waals surface area contributed by atoms with Crippen LogP contribution in [0.4, 0.5) is 0 Å². The zero-order chi connectivity index (χ0) is 14.8. The predicted molar refractivity (Wildman–Crippen MR) is 70.0 cm³/mol. The lowest BCUT2D eigenvalue weighted by atomic mass is 10.1. The van der Waals surface area contributed by atoms with Gasteiger partial charge in [-0.15, -0.1) is 0 Å². The molecule has 1 unspecified atom stereocenters. The van der Waals surface area contributed by atoms with Crippen LogP contribution in [0.2, 0.25) is 0 Å². The average molecular weight is 282 g/mol. The molecule has 0 spiro atoms. The molecular weight excluding hydrogens is 264 g/mol. The highest BCUT2D eigenvalue weighted by Gasteiger charge is 2.18. The molecule has 1 atom stereocenters. The second-order valence-electron chi connectivity index (χ2n) is 3.94. The lowest BCUT2D eigenvalue weighted by molar-refractivity contribution is -0.164. The van der Waals surface area contributed by atoms with E-state index >= 15 is 0 Å². The first-order chi connectivity index (χ1) is 9.67. The zero-order valence-corrected chi connectivity index (χ0v) is 11.5. The highest BCUT2D eigenvalue weighted by atomic mass is 16.6. The van der Waals surface area contributed by atoms with Crippen molar-refractivity contribution in [3.63, 3.8) is 0 Å². The number of esters is 2. The number of carbonyl (C=O) groups excluding carboxylic acids is 2. The molecule has 110 valence electrons. The Labute approximate surface area is 117 Å². The first-order valence-electron chi connectivity index (χ1n) is 6.05. The van der Waals surface area contributed by atoms with Gasteiger partial charge in [0.1, 0.15) is 19.8 Å². The summed E-state index contributed by atoms with van der Waals surface area (Å²) >= 11 is 0. The topological polar surface area (TPSA) is 71.1 Å². The highest BCUT2D eigenvalue weighted by Crippen LogP contribution is 2.18. The van der Waals surface area contributed by atoms with Crippen LogP contribution in [0.1, 0.15) is 11.7 Å². The smallest absolute Gasteiger partial charge is 0.332 e. The van der Waals surface area contributed by atoms with E-state index in [1.165, 1.54) is 14.2 Å². The second kappa shape index (κ2) is 9.06. The SMILES string of the molecule is COCC(=O)OCC(OC(=O)COC)c1ccccc1. The molecule has 0 aliphatic heterocycles. The van der Waals surface area contributed by atoms with E-state index < -0.39 is 18.0 Å². The lowest BCUT2D eigenvalue weighted by Gasteiger charge is -2.18. The monoisotopic (exact) mass is 282 g/mol. The van der Waals surface area contributed by atoms with Gasteiger partial charge in [0.2, 0.25) is 0 Å². The van der Waals surface area contributed by atoms with Gasteiger partial charge in [-0.1, -0.05) is 30.3 Å². The van der Waals surface area contributed by atoms with E-state index in [1.807, 2.05) is 18.2 Å². The summed E-state index contributed by atoms with van der Waals surface area (Å²) in [6.07, 6.45) is -0.667. The van der Waals surface area contributed by atoms with Crippen molar-refractivity contribution in [1.82, 2.24) is 0 Å². The van der Waals surface area contributed by atoms with Crippen molar-refractivity contribution in [2.24, 2.45) is 0 Å². The normalized spacial score (nSPS) is 11.7. The largest absolute Gasteiger partial charge is 0.460 e. The van der Waals surface area contributed by atoms with Crippen molar-refractivity contribution in [2.75, 3.05) is 34.0 Å². The fourth-order valence-corrected chi connectivity index (χ4v) is 1.50. The molecule has 1 rings (SSSR count). The summed E-state index contributed by atoms with van der Waals surface area (Å²) in [5.74, 6) is -1.04. The highest BCUT2D eigenvalue weighted by molar-refractivity contribution is 5.71. The van der Waals surface area contributed by atoms with E-state index in [1.54, 1.807) is 12.1 Å². The summed E-state index contributed by atoms with van der Waals surface area (Å²) < 4.78 is 19.6. The summed E-state index contributed by atoms with van der Waals surface area (Å²) in [4.78, 5) is 22.8. The van der Waals surface area contributed by atoms with Gasteiger partial charge >= 0.3 is 11.9 Å². The Morgan fingerprint density at radius 3 is 2.20 bits per heavy atom. The maximum absolute atomic E-state index is 11.5. The summed E-state index contributed by atoms with van der Waals surface area (Å²) in [7, 11) is 2.80. The molecule has 0 fully saturated rings. The first-order valence-corrected chi connectivity index (χ1v) is 6.05. The van der Waals surface area contributed by atoms with E-state index in [4.69, 9.17) is 14.2 Å². The maximum Gasteiger partial charge on any atom is 0.332 e. The van der Waals surface area contributed by atoms with Gasteiger partial charge in [-0.2, -0.15) is 0 Å². The van der Waals surface area contributed by atoms with Crippen molar-refractivity contribution in [3.05, 3.63) is 35.9 Å². The fourth-order valence-electron chi connectivity index (χ4n) is 1.50. The van der Waals surface area contributed by atoms with E-state index in [2.05, 4.69) is 4.74 Å². The molecule has 0 saturated carbocycles. The predicted octanol–water partition coefficient (Wildman–Crippen LogP) is 1.11. The van der Waals surface area contributed by atoms with Gasteiger partial charge in [0.05, 0.1) is 0 Å². The Kier molecular flexibility index (Phi) is 7.31. The number of benzene rings is 1. The molecule has 0 saturated heterocycles. The van der Waals surface area contributed by atoms with E-state index in [0.717, 1.165) is 5.56 Å². The summed E-state index contributed by atoms with van der Waals surface area (Å²) in [6.45, 7) is -0.370. The third kappa shape index (κ3) is 5.81. The number of hydrogen-bond acceptors (Lipinski definition) is 6. The Hall–Kier alpha value is -1.92. The van der Waals surface area contributed by atoms with Gasteiger partial charge in [-0.3, -0.25) is 0 Å². The molecule has 0 aromatic heterocycles. The van der Waals surface area contributed by atoms with Crippen LogP contribution in [0.5, 0.6) is 0 Å². The number of carbonyl (C=O) groups is 2. The van der Waals surface area contributed by atoms with Crippen LogP contribution in [-0.4, -0.2) is 46.0 Å². The quantitative estimate of drug-likeness (QED) is 0.665. The van der Waals surface area contributed by atoms with Gasteiger partial charge in [0.15, 0.2) is 6.10 Å². The lowest BCUT2D eigenvalue weighted by Crippen LogP contribution is -2.22. The van der Waals surface area contributed by atoms with Crippen molar-refractivity contribution < 1.29 is 28.5 Å². The summed E-state index contributed by atoms with van der Waals surface area (Å²) in [5.41, 5.74) is 0.738. The molecule has 0 heterocycles. The third-order valence-corrected chi connectivity index (χ3v) is 2.37. The van der Waals surface area contributed by atoms with Crippen molar-refractivity contribution in [2.45, 2.75) is 6.10 Å². The molecule has 0 radical (unpaired) electrons. The molecule has 20 heavy (non-hydrogen) atoms. The summed E-state index contributed by atoms with van der Waals surface area (Å²) in [6, 6.07) is 9.03. The molecule has 0 aliphatic carbocycles. The molecule has 0 amide bonds. The number of hydrogen-bond donors (Lipinski definition) is 0. The molecule has 1 aromatic carbocycles. The van der Waals surface area contributed by atoms with Gasteiger partial charge in [-0.25, -0.2) is 9.59 Å². The van der Waals surface area contributed by atoms with Gasteiger partial charge in [0, 0.05) is 14.2 Å². The number of ether oxygens (including phenoxy) is 4. The number of methoxy groups -OCH3 is 2. The van der Waals surface area contributed by atoms with E-state index in [-0.39, 0.29) is 19.8 Å². The molecular formula is C14H18O6. The number of rotatable bonds is 8. The van der Waals surface area contributed by atoms with Crippen molar-refractivity contribution in [1.29, 1.82) is 0 Å². The van der Waals surface area contributed by atoms with Crippen LogP contribution in [0.15, 0.2) is 30.3 Å². The minimum Gasteiger partial charge on any atom is -0.460 e. The molecule has 0 aliphatic rings. The molecule has 0 bridgehead atoms. The van der Waals surface area contributed by atoms with Gasteiger partial charge in [-0.05, 0) is 5.56 Å². The Bertz CT molecular complexity index is 417. The zero-order valence-electron chi connectivity index (χ0n) is 11.5. The average Bonchev–Trinajstić information content (AvgIpc) is 2.45. The van der Waals surface area contributed by atoms with Crippen molar-refractivity contribution in [3.8, 4) is 0 Å². The summed E-state index contributed by atoms with van der Waals surface area (Å²) in [5, 5.41) is 0. The van der Waals surface area contributed by atoms with E-state index in [0.29, 0.717) is 0 Å². The standard InChI is InChI=1S/C14H18O6/c1-17-9-13(15)19-8-12(20-14(16)10-18-2)11-6-4-3-5-7-11/h3-7,12H,8-10H2,1-2H3. The van der Waals surface area contributed by atoms with Crippen LogP contribution in [0.3, 0.4) is 0 Å². The van der Waals surface area contributed by atoms with Crippen molar-refractivity contribution >= 4 is 11.9 Å². The molecule has 0 N–H and O–H groups in total. The van der Waals surface area contributed by atoms with Crippen LogP contribution < -0.4 is 0 Å². The van der Waals surface area contributed by atoms with Crippen LogP contribution in [0, 0.1) is 0 Å². The Balaban J connectivity index is 2.64. The van der Waals surface area contributed by atoms with E-state index in [9.17, 15) is 9.59 Å². The Morgan fingerprint density at radius 2 is 1.60 bits per heavy atom. The maximum atomic E-state index is 11.5. The van der Waals surface area contributed by atoms with Crippen LogP contribution in [-0.2, 0) is 28.5 Å². The van der Waals surface area contributed by atoms with Crippen LogP contribution in [0.25, 0.3) is 0 Å². The molecule has 6 nitrogen and oxygen atoms in total. The second-order valence-corrected chi connectivity index (χ2v) is 3.94. The van der Waals surface area contributed by atoms with Gasteiger partial charge < -0.3 is 18.9 Å². The third-order valence-electron chi connectivity index (χ3n) is 2.37. The minimum absolute atomic E-state index is 0.0678. The van der Waals surface area contributed by atoms with Crippen LogP contribution >= 0.6 is 0 Å². The molecule has 6 heteroatoms.